The Labute approximate surface area is 150 Å². The van der Waals surface area contributed by atoms with E-state index >= 15 is 0 Å². The van der Waals surface area contributed by atoms with Gasteiger partial charge in [0.15, 0.2) is 6.10 Å². The predicted molar refractivity (Wildman–Crippen MR) is 98.1 cm³/mol. The Hall–Kier alpha value is -2.04. The maximum absolute atomic E-state index is 12.1. The van der Waals surface area contributed by atoms with Crippen LogP contribution in [0.15, 0.2) is 24.3 Å². The van der Waals surface area contributed by atoms with Crippen LogP contribution >= 0.6 is 0 Å². The summed E-state index contributed by atoms with van der Waals surface area (Å²) in [5, 5.41) is 0. The highest BCUT2D eigenvalue weighted by molar-refractivity contribution is 5.85. The molecule has 5 nitrogen and oxygen atoms in total. The van der Waals surface area contributed by atoms with Gasteiger partial charge < -0.3 is 4.74 Å². The Morgan fingerprint density at radius 3 is 2.20 bits per heavy atom. The van der Waals surface area contributed by atoms with Gasteiger partial charge in [-0.1, -0.05) is 52.2 Å². The van der Waals surface area contributed by atoms with Gasteiger partial charge in [0.05, 0.1) is 0 Å². The molecule has 2 N–H and O–H groups in total. The second kappa shape index (κ2) is 8.37. The van der Waals surface area contributed by atoms with E-state index in [0.717, 1.165) is 25.7 Å². The van der Waals surface area contributed by atoms with Gasteiger partial charge in [-0.25, -0.2) is 0 Å². The molecule has 0 bridgehead atoms. The average molecular weight is 346 g/mol. The van der Waals surface area contributed by atoms with E-state index in [9.17, 15) is 9.59 Å². The highest BCUT2D eigenvalue weighted by Gasteiger charge is 2.22. The van der Waals surface area contributed by atoms with Crippen molar-refractivity contribution in [3.05, 3.63) is 29.8 Å². The van der Waals surface area contributed by atoms with E-state index in [2.05, 4.69) is 31.6 Å². The first-order valence-corrected chi connectivity index (χ1v) is 9.14. The lowest BCUT2D eigenvalue weighted by atomic mass is 9.87. The molecule has 25 heavy (non-hydrogen) atoms. The molecular weight excluding hydrogens is 316 g/mol. The smallest absolute Gasteiger partial charge is 0.279 e. The summed E-state index contributed by atoms with van der Waals surface area (Å²) in [5.74, 6) is 0.184. The zero-order chi connectivity index (χ0) is 18.4. The van der Waals surface area contributed by atoms with Gasteiger partial charge >= 0.3 is 0 Å². The van der Waals surface area contributed by atoms with E-state index < -0.39 is 6.10 Å². The number of benzene rings is 1. The molecule has 1 unspecified atom stereocenters. The van der Waals surface area contributed by atoms with Crippen molar-refractivity contribution in [1.82, 2.24) is 10.9 Å². The summed E-state index contributed by atoms with van der Waals surface area (Å²) < 4.78 is 5.66. The normalized spacial score (nSPS) is 16.8. The third-order valence-electron chi connectivity index (χ3n) is 4.69. The lowest BCUT2D eigenvalue weighted by Crippen LogP contribution is -2.49. The molecule has 0 aromatic heterocycles. The van der Waals surface area contributed by atoms with Crippen LogP contribution < -0.4 is 15.6 Å². The van der Waals surface area contributed by atoms with E-state index in [1.807, 2.05) is 24.3 Å². The molecule has 2 rings (SSSR count). The van der Waals surface area contributed by atoms with Crippen LogP contribution in [-0.2, 0) is 15.0 Å². The van der Waals surface area contributed by atoms with Crippen LogP contribution in [0.1, 0.15) is 65.4 Å². The first-order chi connectivity index (χ1) is 11.8. The third-order valence-corrected chi connectivity index (χ3v) is 4.69. The van der Waals surface area contributed by atoms with E-state index in [0.29, 0.717) is 5.75 Å². The van der Waals surface area contributed by atoms with Crippen LogP contribution in [0.3, 0.4) is 0 Å². The Morgan fingerprint density at radius 2 is 1.64 bits per heavy atom. The summed E-state index contributed by atoms with van der Waals surface area (Å²) in [6.07, 6.45) is 4.45. The van der Waals surface area contributed by atoms with Gasteiger partial charge in [0.1, 0.15) is 5.75 Å². The van der Waals surface area contributed by atoms with Crippen molar-refractivity contribution >= 4 is 11.8 Å². The highest BCUT2D eigenvalue weighted by atomic mass is 16.5. The van der Waals surface area contributed by atoms with Crippen LogP contribution in [0, 0.1) is 5.92 Å². The molecule has 1 aliphatic carbocycles. The molecule has 1 atom stereocenters. The summed E-state index contributed by atoms with van der Waals surface area (Å²) in [5.41, 5.74) is 6.28. The standard InChI is InChI=1S/C20H30N2O3/c1-14(25-17-12-10-16(11-13-17)20(2,3)4)18(23)21-22-19(24)15-8-6-5-7-9-15/h10-15H,5-9H2,1-4H3,(H,21,23)(H,22,24). The van der Waals surface area contributed by atoms with Crippen molar-refractivity contribution < 1.29 is 14.3 Å². The molecule has 0 heterocycles. The Balaban J connectivity index is 1.80. The molecule has 2 amide bonds. The third kappa shape index (κ3) is 5.76. The molecule has 1 aromatic carbocycles. The fourth-order valence-electron chi connectivity index (χ4n) is 2.98. The number of hydrogen-bond donors (Lipinski definition) is 2. The quantitative estimate of drug-likeness (QED) is 0.820. The first kappa shape index (κ1) is 19.3. The molecule has 0 spiro atoms. The van der Waals surface area contributed by atoms with Crippen LogP contribution in [0.2, 0.25) is 0 Å². The Morgan fingerprint density at radius 1 is 1.04 bits per heavy atom. The monoisotopic (exact) mass is 346 g/mol. The van der Waals surface area contributed by atoms with Crippen molar-refractivity contribution in [2.45, 2.75) is 71.3 Å². The zero-order valence-corrected chi connectivity index (χ0v) is 15.7. The minimum Gasteiger partial charge on any atom is -0.481 e. The van der Waals surface area contributed by atoms with Crippen molar-refractivity contribution in [1.29, 1.82) is 0 Å². The number of carbonyl (C=O) groups excluding carboxylic acids is 2. The molecule has 1 aliphatic rings. The number of amides is 2. The van der Waals surface area contributed by atoms with Crippen LogP contribution in [0.5, 0.6) is 5.75 Å². The van der Waals surface area contributed by atoms with E-state index in [-0.39, 0.29) is 23.1 Å². The second-order valence-electron chi connectivity index (χ2n) is 7.85. The van der Waals surface area contributed by atoms with Gasteiger partial charge in [-0.2, -0.15) is 0 Å². The van der Waals surface area contributed by atoms with Crippen molar-refractivity contribution in [2.75, 3.05) is 0 Å². The van der Waals surface area contributed by atoms with E-state index in [4.69, 9.17) is 4.74 Å². The first-order valence-electron chi connectivity index (χ1n) is 9.14. The predicted octanol–water partition coefficient (Wildman–Crippen LogP) is 3.48. The van der Waals surface area contributed by atoms with Crippen LogP contribution in [-0.4, -0.2) is 17.9 Å². The van der Waals surface area contributed by atoms with Gasteiger partial charge in [-0.15, -0.1) is 0 Å². The number of rotatable bonds is 4. The zero-order valence-electron chi connectivity index (χ0n) is 15.7. The van der Waals surface area contributed by atoms with Gasteiger partial charge in [0.2, 0.25) is 5.91 Å². The summed E-state index contributed by atoms with van der Waals surface area (Å²) in [4.78, 5) is 24.2. The van der Waals surface area contributed by atoms with Crippen LogP contribution in [0.25, 0.3) is 0 Å². The highest BCUT2D eigenvalue weighted by Crippen LogP contribution is 2.25. The summed E-state index contributed by atoms with van der Waals surface area (Å²) in [6, 6.07) is 7.74. The minimum absolute atomic E-state index is 0.00946. The maximum atomic E-state index is 12.1. The lowest BCUT2D eigenvalue weighted by molar-refractivity contribution is -0.134. The van der Waals surface area contributed by atoms with Gasteiger partial charge in [-0.3, -0.25) is 20.4 Å². The van der Waals surface area contributed by atoms with Crippen molar-refractivity contribution in [3.63, 3.8) is 0 Å². The topological polar surface area (TPSA) is 67.4 Å². The van der Waals surface area contributed by atoms with Crippen molar-refractivity contribution in [3.8, 4) is 5.75 Å². The summed E-state index contributed by atoms with van der Waals surface area (Å²) >= 11 is 0. The molecule has 0 radical (unpaired) electrons. The molecule has 0 saturated heterocycles. The number of carbonyl (C=O) groups is 2. The number of ether oxygens (including phenoxy) is 1. The molecule has 1 fully saturated rings. The molecule has 1 aromatic rings. The Bertz CT molecular complexity index is 584. The van der Waals surface area contributed by atoms with Crippen molar-refractivity contribution in [2.24, 2.45) is 5.92 Å². The second-order valence-corrected chi connectivity index (χ2v) is 7.85. The fraction of sp³-hybridized carbons (Fsp3) is 0.600. The fourth-order valence-corrected chi connectivity index (χ4v) is 2.98. The molecule has 5 heteroatoms. The molecule has 0 aliphatic heterocycles. The molecule has 138 valence electrons. The van der Waals surface area contributed by atoms with Gasteiger partial charge in [-0.05, 0) is 42.9 Å². The van der Waals surface area contributed by atoms with Gasteiger partial charge in [0, 0.05) is 5.92 Å². The number of hydrogen-bond acceptors (Lipinski definition) is 3. The summed E-state index contributed by atoms with van der Waals surface area (Å²) in [6.45, 7) is 8.11. The minimum atomic E-state index is -0.688. The lowest BCUT2D eigenvalue weighted by Gasteiger charge is -2.22. The average Bonchev–Trinajstić information content (AvgIpc) is 2.59. The largest absolute Gasteiger partial charge is 0.481 e. The van der Waals surface area contributed by atoms with Crippen LogP contribution in [0.4, 0.5) is 0 Å². The Kier molecular flexibility index (Phi) is 6.45. The molecular formula is C20H30N2O3. The summed E-state index contributed by atoms with van der Waals surface area (Å²) in [7, 11) is 0. The number of hydrazine groups is 1. The van der Waals surface area contributed by atoms with Gasteiger partial charge in [0.25, 0.3) is 5.91 Å². The number of nitrogens with one attached hydrogen (secondary N) is 2. The molecule has 1 saturated carbocycles. The van der Waals surface area contributed by atoms with E-state index in [1.165, 1.54) is 12.0 Å². The SMILES string of the molecule is CC(Oc1ccc(C(C)(C)C)cc1)C(=O)NNC(=O)C1CCCCC1. The van der Waals surface area contributed by atoms with E-state index in [1.54, 1.807) is 6.92 Å². The maximum Gasteiger partial charge on any atom is 0.279 e.